The summed E-state index contributed by atoms with van der Waals surface area (Å²) in [6.07, 6.45) is 0. The van der Waals surface area contributed by atoms with Gasteiger partial charge in [-0.3, -0.25) is 20.2 Å². The zero-order valence-corrected chi connectivity index (χ0v) is 8.32. The van der Waals surface area contributed by atoms with Crippen molar-refractivity contribution in [3.8, 4) is 5.75 Å². The molecule has 0 spiro atoms. The highest BCUT2D eigenvalue weighted by Crippen LogP contribution is 2.44. The molecular weight excluding hydrogens is 251 g/mol. The van der Waals surface area contributed by atoms with E-state index in [2.05, 4.69) is 0 Å². The normalized spacial score (nSPS) is 10.0. The number of nitro benzene ring substituents is 2. The number of halogens is 2. The highest BCUT2D eigenvalue weighted by molar-refractivity contribution is 6.43. The van der Waals surface area contributed by atoms with Gasteiger partial charge >= 0.3 is 11.4 Å². The number of benzene rings is 1. The third kappa shape index (κ3) is 1.92. The molecule has 0 atom stereocenters. The van der Waals surface area contributed by atoms with Gasteiger partial charge in [-0.25, -0.2) is 0 Å². The van der Waals surface area contributed by atoms with Crippen LogP contribution >= 0.6 is 23.2 Å². The van der Waals surface area contributed by atoms with E-state index in [9.17, 15) is 20.2 Å². The van der Waals surface area contributed by atoms with Gasteiger partial charge in [0.25, 0.3) is 0 Å². The van der Waals surface area contributed by atoms with Crippen LogP contribution in [0.2, 0.25) is 10.0 Å². The lowest BCUT2D eigenvalue weighted by Crippen LogP contribution is -1.98. The third-order valence-corrected chi connectivity index (χ3v) is 2.29. The van der Waals surface area contributed by atoms with Crippen LogP contribution in [0.1, 0.15) is 0 Å². The number of hydrogen-bond acceptors (Lipinski definition) is 5. The summed E-state index contributed by atoms with van der Waals surface area (Å²) in [5, 5.41) is 29.2. The Balaban J connectivity index is 3.69. The van der Waals surface area contributed by atoms with E-state index in [1.165, 1.54) is 0 Å². The van der Waals surface area contributed by atoms with Crippen molar-refractivity contribution in [1.29, 1.82) is 0 Å². The first-order valence-corrected chi connectivity index (χ1v) is 4.11. The summed E-state index contributed by atoms with van der Waals surface area (Å²) in [6.45, 7) is 0. The summed E-state index contributed by atoms with van der Waals surface area (Å²) < 4.78 is 0. The molecule has 0 amide bonds. The van der Waals surface area contributed by atoms with Crippen LogP contribution in [0.5, 0.6) is 5.75 Å². The zero-order valence-electron chi connectivity index (χ0n) is 6.81. The maximum absolute atomic E-state index is 10.5. The van der Waals surface area contributed by atoms with Crippen molar-refractivity contribution in [2.24, 2.45) is 0 Å². The van der Waals surface area contributed by atoms with Gasteiger partial charge in [0.1, 0.15) is 5.02 Å². The molecule has 80 valence electrons. The molecule has 0 aliphatic carbocycles. The lowest BCUT2D eigenvalue weighted by Gasteiger charge is -2.01. The van der Waals surface area contributed by atoms with E-state index in [1.807, 2.05) is 0 Å². The van der Waals surface area contributed by atoms with Crippen LogP contribution in [0, 0.1) is 20.2 Å². The van der Waals surface area contributed by atoms with Crippen molar-refractivity contribution >= 4 is 34.6 Å². The van der Waals surface area contributed by atoms with E-state index in [0.29, 0.717) is 0 Å². The van der Waals surface area contributed by atoms with E-state index in [-0.39, 0.29) is 5.02 Å². The first kappa shape index (κ1) is 11.5. The number of hydrogen-bond donors (Lipinski definition) is 1. The number of phenols is 1. The summed E-state index contributed by atoms with van der Waals surface area (Å²) in [7, 11) is 0. The van der Waals surface area contributed by atoms with Crippen molar-refractivity contribution in [3.05, 3.63) is 36.3 Å². The van der Waals surface area contributed by atoms with Gasteiger partial charge in [0.05, 0.1) is 14.9 Å². The topological polar surface area (TPSA) is 107 Å². The zero-order chi connectivity index (χ0) is 11.7. The summed E-state index contributed by atoms with van der Waals surface area (Å²) in [6, 6.07) is 0.773. The van der Waals surface area contributed by atoms with E-state index < -0.39 is 32.0 Å². The predicted molar refractivity (Wildman–Crippen MR) is 51.4 cm³/mol. The smallest absolute Gasteiger partial charge is 0.388 e. The first-order valence-electron chi connectivity index (χ1n) is 3.36. The molecule has 7 nitrogen and oxygen atoms in total. The molecule has 9 heteroatoms. The van der Waals surface area contributed by atoms with Gasteiger partial charge in [0.2, 0.25) is 5.75 Å². The van der Waals surface area contributed by atoms with Crippen molar-refractivity contribution in [3.63, 3.8) is 0 Å². The minimum Gasteiger partial charge on any atom is -0.502 e. The fourth-order valence-electron chi connectivity index (χ4n) is 0.937. The molecule has 0 saturated carbocycles. The van der Waals surface area contributed by atoms with Gasteiger partial charge in [-0.15, -0.1) is 0 Å². The van der Waals surface area contributed by atoms with Crippen LogP contribution < -0.4 is 0 Å². The highest BCUT2D eigenvalue weighted by Gasteiger charge is 2.34. The SMILES string of the molecule is O=[N+]([O-])c1c(O)cc(Cl)c(Cl)c1[N+](=O)[O-]. The van der Waals surface area contributed by atoms with Gasteiger partial charge in [0, 0.05) is 6.07 Å². The molecule has 1 aromatic carbocycles. The Morgan fingerprint density at radius 1 is 1.13 bits per heavy atom. The van der Waals surface area contributed by atoms with Crippen LogP contribution in [-0.2, 0) is 0 Å². The van der Waals surface area contributed by atoms with Crippen molar-refractivity contribution < 1.29 is 15.0 Å². The molecule has 0 radical (unpaired) electrons. The molecule has 0 unspecified atom stereocenters. The van der Waals surface area contributed by atoms with Gasteiger partial charge in [-0.05, 0) is 0 Å². The van der Waals surface area contributed by atoms with Gasteiger partial charge in [0.15, 0.2) is 0 Å². The second-order valence-electron chi connectivity index (χ2n) is 2.40. The highest BCUT2D eigenvalue weighted by atomic mass is 35.5. The molecule has 1 N–H and O–H groups in total. The average molecular weight is 253 g/mol. The summed E-state index contributed by atoms with van der Waals surface area (Å²) in [4.78, 5) is 18.8. The molecule has 0 saturated heterocycles. The largest absolute Gasteiger partial charge is 0.502 e. The minimum atomic E-state index is -1.10. The number of aromatic hydroxyl groups is 1. The minimum absolute atomic E-state index is 0.327. The Hall–Kier alpha value is -1.60. The maximum atomic E-state index is 10.5. The van der Waals surface area contributed by atoms with Crippen LogP contribution in [0.15, 0.2) is 6.07 Å². The van der Waals surface area contributed by atoms with Gasteiger partial charge in [-0.1, -0.05) is 23.2 Å². The van der Waals surface area contributed by atoms with Gasteiger partial charge < -0.3 is 5.11 Å². The number of nitro groups is 2. The second kappa shape index (κ2) is 3.87. The summed E-state index contributed by atoms with van der Waals surface area (Å²) >= 11 is 10.8. The Kier molecular flexibility index (Phi) is 2.96. The van der Waals surface area contributed by atoms with Crippen molar-refractivity contribution in [2.45, 2.75) is 0 Å². The van der Waals surface area contributed by atoms with Crippen LogP contribution in [0.25, 0.3) is 0 Å². The molecule has 0 aromatic heterocycles. The molecule has 0 fully saturated rings. The molecule has 0 aliphatic heterocycles. The van der Waals surface area contributed by atoms with E-state index in [0.717, 1.165) is 6.07 Å². The molecule has 15 heavy (non-hydrogen) atoms. The van der Waals surface area contributed by atoms with Gasteiger partial charge in [-0.2, -0.15) is 0 Å². The van der Waals surface area contributed by atoms with E-state index in [4.69, 9.17) is 28.3 Å². The molecule has 1 aromatic rings. The first-order chi connectivity index (χ1) is 6.86. The molecule has 0 bridgehead atoms. The Morgan fingerprint density at radius 2 is 1.60 bits per heavy atom. The molecule has 1 rings (SSSR count). The summed E-state index contributed by atoms with van der Waals surface area (Å²) in [5.41, 5.74) is -2.10. The maximum Gasteiger partial charge on any atom is 0.388 e. The second-order valence-corrected chi connectivity index (χ2v) is 3.19. The molecular formula is C6H2Cl2N2O5. The third-order valence-electron chi connectivity index (χ3n) is 1.51. The molecule has 0 heterocycles. The van der Waals surface area contributed by atoms with Crippen molar-refractivity contribution in [2.75, 3.05) is 0 Å². The standard InChI is InChI=1S/C6H2Cl2N2O5/c7-2-1-3(11)5(9(12)13)6(4(2)8)10(14)15/h1,11H. The monoisotopic (exact) mass is 252 g/mol. The van der Waals surface area contributed by atoms with E-state index >= 15 is 0 Å². The number of rotatable bonds is 2. The fraction of sp³-hybridized carbons (Fsp3) is 0. The fourth-order valence-corrected chi connectivity index (χ4v) is 1.34. The Labute approximate surface area is 92.1 Å². The van der Waals surface area contributed by atoms with Crippen LogP contribution in [0.4, 0.5) is 11.4 Å². The van der Waals surface area contributed by atoms with Crippen LogP contribution in [0.3, 0.4) is 0 Å². The lowest BCUT2D eigenvalue weighted by atomic mass is 10.2. The van der Waals surface area contributed by atoms with Crippen molar-refractivity contribution in [1.82, 2.24) is 0 Å². The lowest BCUT2D eigenvalue weighted by molar-refractivity contribution is -0.423. The summed E-state index contributed by atoms with van der Waals surface area (Å²) in [5.74, 6) is -0.902. The Bertz CT molecular complexity index is 461. The Morgan fingerprint density at radius 3 is 2.00 bits per heavy atom. The van der Waals surface area contributed by atoms with Crippen LogP contribution in [-0.4, -0.2) is 15.0 Å². The number of nitrogens with zero attached hydrogens (tertiary/aromatic N) is 2. The van der Waals surface area contributed by atoms with E-state index in [1.54, 1.807) is 0 Å². The predicted octanol–water partition coefficient (Wildman–Crippen LogP) is 2.52. The quantitative estimate of drug-likeness (QED) is 0.643. The molecule has 0 aliphatic rings. The number of phenolic OH excluding ortho intramolecular Hbond substituents is 1. The average Bonchev–Trinajstić information content (AvgIpc) is 2.09.